The molecule has 5 amide bonds. The van der Waals surface area contributed by atoms with Crippen molar-refractivity contribution >= 4 is 35.5 Å². The van der Waals surface area contributed by atoms with Gasteiger partial charge in [0.1, 0.15) is 12.1 Å². The van der Waals surface area contributed by atoms with Gasteiger partial charge in [0.2, 0.25) is 23.5 Å². The second-order valence-corrected chi connectivity index (χ2v) is 9.66. The smallest absolute Gasteiger partial charge is 0.405 e. The Bertz CT molecular complexity index is 999. The number of hydrogen-bond donors (Lipinski definition) is 5. The summed E-state index contributed by atoms with van der Waals surface area (Å²) in [6, 6.07) is 5.65. The molecular formula is C26H39N5O7. The fraction of sp³-hybridized carbons (Fsp3) is 0.538. The molecule has 0 heterocycles. The molecule has 12 heteroatoms. The third kappa shape index (κ3) is 10.2. The zero-order chi connectivity index (χ0) is 29.0. The predicted octanol–water partition coefficient (Wildman–Crippen LogP) is 0.440. The van der Waals surface area contributed by atoms with Gasteiger partial charge in [0.05, 0.1) is 12.6 Å². The monoisotopic (exact) mass is 533 g/mol. The molecule has 0 bridgehead atoms. The van der Waals surface area contributed by atoms with E-state index in [-0.39, 0.29) is 18.8 Å². The highest BCUT2D eigenvalue weighted by Gasteiger charge is 2.34. The van der Waals surface area contributed by atoms with Gasteiger partial charge in [-0.25, -0.2) is 4.79 Å². The average Bonchev–Trinajstić information content (AvgIpc) is 2.86. The van der Waals surface area contributed by atoms with E-state index in [0.717, 1.165) is 10.5 Å². The quantitative estimate of drug-likeness (QED) is 0.202. The lowest BCUT2D eigenvalue weighted by Gasteiger charge is -2.27. The number of nitrogens with two attached hydrogens (primary N) is 1. The first-order valence-electron chi connectivity index (χ1n) is 12.5. The van der Waals surface area contributed by atoms with Crippen molar-refractivity contribution in [2.45, 2.75) is 65.1 Å². The zero-order valence-corrected chi connectivity index (χ0v) is 22.5. The topological polar surface area (TPSA) is 188 Å². The summed E-state index contributed by atoms with van der Waals surface area (Å²) in [4.78, 5) is 75.3. The van der Waals surface area contributed by atoms with E-state index in [1.165, 1.54) is 7.05 Å². The number of amides is 5. The van der Waals surface area contributed by atoms with Crippen molar-refractivity contribution in [2.75, 3.05) is 13.6 Å². The van der Waals surface area contributed by atoms with Crippen molar-refractivity contribution < 1.29 is 33.9 Å². The maximum atomic E-state index is 12.9. The predicted molar refractivity (Wildman–Crippen MR) is 140 cm³/mol. The summed E-state index contributed by atoms with van der Waals surface area (Å²) in [6.07, 6.45) is -0.586. The molecule has 0 aliphatic rings. The molecule has 38 heavy (non-hydrogen) atoms. The fourth-order valence-electron chi connectivity index (χ4n) is 3.76. The third-order valence-electron chi connectivity index (χ3n) is 6.20. The number of nitrogens with zero attached hydrogens (tertiary/aromatic N) is 1. The number of primary amides is 1. The number of likely N-dealkylation sites (N-methyl/N-ethyl adjacent to an activating group) is 1. The minimum Gasteiger partial charge on any atom is -0.465 e. The fourth-order valence-corrected chi connectivity index (χ4v) is 3.76. The number of Topliss-reactive ketones (excluding diaryl/α,β-unsaturated/α-hetero) is 1. The van der Waals surface area contributed by atoms with E-state index < -0.39 is 66.1 Å². The van der Waals surface area contributed by atoms with Crippen LogP contribution in [-0.2, 0) is 30.4 Å². The number of carbonyl (C=O) groups excluding carboxylic acids is 5. The Morgan fingerprint density at radius 1 is 1.00 bits per heavy atom. The van der Waals surface area contributed by atoms with Crippen LogP contribution < -0.4 is 21.7 Å². The third-order valence-corrected chi connectivity index (χ3v) is 6.20. The maximum Gasteiger partial charge on any atom is 0.405 e. The Morgan fingerprint density at radius 3 is 2.11 bits per heavy atom. The highest BCUT2D eigenvalue weighted by molar-refractivity contribution is 6.38. The lowest BCUT2D eigenvalue weighted by Crippen LogP contribution is -2.56. The number of benzene rings is 1. The molecule has 0 spiro atoms. The van der Waals surface area contributed by atoms with Crippen molar-refractivity contribution in [1.82, 2.24) is 20.9 Å². The first-order chi connectivity index (χ1) is 17.8. The largest absolute Gasteiger partial charge is 0.465 e. The van der Waals surface area contributed by atoms with Crippen LogP contribution in [0.25, 0.3) is 0 Å². The van der Waals surface area contributed by atoms with E-state index in [1.807, 2.05) is 19.9 Å². The van der Waals surface area contributed by atoms with Crippen LogP contribution in [0.15, 0.2) is 30.3 Å². The van der Waals surface area contributed by atoms with Gasteiger partial charge < -0.3 is 31.7 Å². The van der Waals surface area contributed by atoms with E-state index >= 15 is 0 Å². The van der Waals surface area contributed by atoms with Gasteiger partial charge in [0, 0.05) is 13.5 Å². The van der Waals surface area contributed by atoms with Crippen LogP contribution >= 0.6 is 0 Å². The lowest BCUT2D eigenvalue weighted by atomic mass is 9.94. The number of hydrogen-bond acceptors (Lipinski definition) is 6. The molecule has 0 aliphatic heterocycles. The molecule has 210 valence electrons. The Hall–Kier alpha value is -3.96. The van der Waals surface area contributed by atoms with Gasteiger partial charge in [-0.05, 0) is 23.8 Å². The maximum absolute atomic E-state index is 12.9. The highest BCUT2D eigenvalue weighted by Crippen LogP contribution is 2.12. The molecule has 4 atom stereocenters. The summed E-state index contributed by atoms with van der Waals surface area (Å²) in [5.74, 6) is -4.64. The van der Waals surface area contributed by atoms with Crippen molar-refractivity contribution in [3.63, 3.8) is 0 Å². The number of rotatable bonds is 15. The summed E-state index contributed by atoms with van der Waals surface area (Å²) >= 11 is 0. The van der Waals surface area contributed by atoms with E-state index in [1.54, 1.807) is 38.1 Å². The normalized spacial score (nSPS) is 13.9. The minimum atomic E-state index is -1.39. The Kier molecular flexibility index (Phi) is 12.9. The minimum absolute atomic E-state index is 0.0206. The SMILES string of the molecule is CC[C@H](C)C(NC(=O)[C@H](CC(C)C)NC(=O)O)C(=O)C(=O)NCC(=O)N(C)[C@@H](Cc1ccccc1)C(N)=O. The van der Waals surface area contributed by atoms with Crippen molar-refractivity contribution in [3.8, 4) is 0 Å². The number of carboxylic acid groups (broad SMARTS) is 1. The second-order valence-electron chi connectivity index (χ2n) is 9.66. The van der Waals surface area contributed by atoms with Crippen LogP contribution in [0.2, 0.25) is 0 Å². The second kappa shape index (κ2) is 15.3. The molecule has 0 fully saturated rings. The van der Waals surface area contributed by atoms with Crippen LogP contribution in [-0.4, -0.2) is 77.2 Å². The van der Waals surface area contributed by atoms with Crippen LogP contribution in [0.1, 0.15) is 46.1 Å². The standard InChI is InChI=1S/C26H39N5O7/c1-6-16(4)21(30-24(35)18(12-15(2)3)29-26(37)38)22(33)25(36)28-14-20(32)31(5)19(23(27)34)13-17-10-8-7-9-11-17/h7-11,15-16,18-19,21,29H,6,12-14H2,1-5H3,(H2,27,34)(H,28,36)(H,30,35)(H,37,38)/t16-,18-,19-,21?/m0/s1. The number of nitrogens with one attached hydrogen (secondary N) is 3. The molecule has 0 saturated carbocycles. The van der Waals surface area contributed by atoms with E-state index in [0.29, 0.717) is 6.42 Å². The molecule has 0 saturated heterocycles. The molecule has 1 unspecified atom stereocenters. The number of carbonyl (C=O) groups is 6. The average molecular weight is 534 g/mol. The van der Waals surface area contributed by atoms with Crippen LogP contribution in [0.3, 0.4) is 0 Å². The van der Waals surface area contributed by atoms with Crippen LogP contribution in [0.5, 0.6) is 0 Å². The van der Waals surface area contributed by atoms with Crippen LogP contribution in [0, 0.1) is 11.8 Å². The van der Waals surface area contributed by atoms with Gasteiger partial charge in [0.25, 0.3) is 5.91 Å². The molecule has 0 aliphatic carbocycles. The van der Waals surface area contributed by atoms with Gasteiger partial charge in [-0.15, -0.1) is 0 Å². The molecule has 0 radical (unpaired) electrons. The molecule has 1 rings (SSSR count). The zero-order valence-electron chi connectivity index (χ0n) is 22.5. The van der Waals surface area contributed by atoms with Gasteiger partial charge in [-0.1, -0.05) is 64.4 Å². The molecule has 6 N–H and O–H groups in total. The summed E-state index contributed by atoms with van der Waals surface area (Å²) in [6.45, 7) is 6.48. The Labute approximate surface area is 222 Å². The van der Waals surface area contributed by atoms with Crippen molar-refractivity contribution in [1.29, 1.82) is 0 Å². The number of ketones is 1. The van der Waals surface area contributed by atoms with E-state index in [9.17, 15) is 28.8 Å². The summed E-state index contributed by atoms with van der Waals surface area (Å²) in [7, 11) is 1.38. The summed E-state index contributed by atoms with van der Waals surface area (Å²) in [5, 5.41) is 16.0. The summed E-state index contributed by atoms with van der Waals surface area (Å²) < 4.78 is 0. The lowest BCUT2D eigenvalue weighted by molar-refractivity contribution is -0.143. The summed E-state index contributed by atoms with van der Waals surface area (Å²) in [5.41, 5.74) is 6.28. The first kappa shape index (κ1) is 32.1. The molecular weight excluding hydrogens is 494 g/mol. The van der Waals surface area contributed by atoms with Gasteiger partial charge in [-0.2, -0.15) is 0 Å². The van der Waals surface area contributed by atoms with Crippen molar-refractivity contribution in [3.05, 3.63) is 35.9 Å². The van der Waals surface area contributed by atoms with Crippen molar-refractivity contribution in [2.24, 2.45) is 17.6 Å². The van der Waals surface area contributed by atoms with Gasteiger partial charge >= 0.3 is 6.09 Å². The van der Waals surface area contributed by atoms with E-state index in [2.05, 4.69) is 16.0 Å². The molecule has 0 aromatic heterocycles. The van der Waals surface area contributed by atoms with Gasteiger partial charge in [0.15, 0.2) is 0 Å². The van der Waals surface area contributed by atoms with Crippen LogP contribution in [0.4, 0.5) is 4.79 Å². The highest BCUT2D eigenvalue weighted by atomic mass is 16.4. The molecule has 1 aromatic rings. The first-order valence-corrected chi connectivity index (χ1v) is 12.5. The Morgan fingerprint density at radius 2 is 1.61 bits per heavy atom. The van der Waals surface area contributed by atoms with E-state index in [4.69, 9.17) is 10.8 Å². The molecule has 12 nitrogen and oxygen atoms in total. The molecule has 1 aromatic carbocycles. The Balaban J connectivity index is 2.89. The van der Waals surface area contributed by atoms with Gasteiger partial charge in [-0.3, -0.25) is 24.0 Å².